The van der Waals surface area contributed by atoms with E-state index in [1.54, 1.807) is 26.0 Å². The lowest BCUT2D eigenvalue weighted by atomic mass is 9.76. The second kappa shape index (κ2) is 18.6. The van der Waals surface area contributed by atoms with Crippen LogP contribution in [0.5, 0.6) is 17.2 Å². The summed E-state index contributed by atoms with van der Waals surface area (Å²) in [5.74, 6) is 1.16. The molecule has 0 spiro atoms. The van der Waals surface area contributed by atoms with Crippen LogP contribution in [0.15, 0.2) is 42.5 Å². The Morgan fingerprint density at radius 1 is 0.918 bits per heavy atom. The topological polar surface area (TPSA) is 107 Å². The molecule has 270 valence electrons. The van der Waals surface area contributed by atoms with E-state index < -0.39 is 30.1 Å². The third-order valence-corrected chi connectivity index (χ3v) is 10.4. The van der Waals surface area contributed by atoms with Crippen LogP contribution in [0.4, 0.5) is 0 Å². The molecule has 2 aromatic carbocycles. The van der Waals surface area contributed by atoms with E-state index in [2.05, 4.69) is 4.90 Å². The molecule has 5 rings (SSSR count). The predicted octanol–water partition coefficient (Wildman–Crippen LogP) is 5.59. The normalized spacial score (nSPS) is 21.0. The van der Waals surface area contributed by atoms with Gasteiger partial charge in [0.2, 0.25) is 5.91 Å². The number of nitrogens with zero attached hydrogens (tertiary/aromatic N) is 2. The number of ether oxygens (including phenoxy) is 5. The number of benzene rings is 2. The van der Waals surface area contributed by atoms with Gasteiger partial charge in [0.05, 0.1) is 39.5 Å². The maximum Gasteiger partial charge on any atom is 0.329 e. The number of likely N-dealkylation sites (tertiary alicyclic amines) is 1. The fraction of sp³-hybridized carbons (Fsp3) is 0.641. The number of carbonyl (C=O) groups is 2. The first kappa shape index (κ1) is 36.9. The Kier molecular flexibility index (Phi) is 14.0. The number of methoxy groups -OCH3 is 2. The first-order valence-corrected chi connectivity index (χ1v) is 18.3. The van der Waals surface area contributed by atoms with Gasteiger partial charge in [0.15, 0.2) is 11.5 Å². The van der Waals surface area contributed by atoms with Crippen LogP contribution >= 0.6 is 0 Å². The van der Waals surface area contributed by atoms with Crippen molar-refractivity contribution in [3.63, 3.8) is 0 Å². The summed E-state index contributed by atoms with van der Waals surface area (Å²) in [6, 6.07) is 12.9. The summed E-state index contributed by atoms with van der Waals surface area (Å²) >= 11 is 0. The molecule has 0 radical (unpaired) electrons. The van der Waals surface area contributed by atoms with Crippen LogP contribution in [0.2, 0.25) is 0 Å². The molecule has 1 N–H and O–H groups in total. The number of aliphatic hydroxyl groups is 1. The largest absolute Gasteiger partial charge is 0.493 e. The van der Waals surface area contributed by atoms with E-state index in [0.717, 1.165) is 88.2 Å². The van der Waals surface area contributed by atoms with Crippen LogP contribution in [0, 0.1) is 11.8 Å². The third-order valence-electron chi connectivity index (χ3n) is 10.4. The van der Waals surface area contributed by atoms with Gasteiger partial charge >= 0.3 is 5.97 Å². The number of morpholine rings is 1. The standard InChI is InChI=1S/C39H56N2O8/c1-28(42)37(30-10-5-4-6-11-30)38(43)41-19-8-7-14-33(41)39(44)49-34(17-15-29-16-18-35(45-2)36(26-29)46-3)31-12-9-13-32(27-31)48-25-22-40-20-23-47-24-21-40/h9,12-13,16,18,26-28,30,33-34,37,42H,4-8,10-11,14-15,17,19-25H2,1-3H3/t28-,33-,34+,37-/m1/s1. The van der Waals surface area contributed by atoms with Crippen molar-refractivity contribution in [2.75, 3.05) is 60.2 Å². The van der Waals surface area contributed by atoms with Gasteiger partial charge in [0.25, 0.3) is 0 Å². The minimum absolute atomic E-state index is 0.110. The number of esters is 1. The summed E-state index contributed by atoms with van der Waals surface area (Å²) in [7, 11) is 3.23. The van der Waals surface area contributed by atoms with Gasteiger partial charge in [-0.2, -0.15) is 0 Å². The Balaban J connectivity index is 1.33. The average molecular weight is 681 g/mol. The Morgan fingerprint density at radius 2 is 1.67 bits per heavy atom. The number of hydrogen-bond donors (Lipinski definition) is 1. The van der Waals surface area contributed by atoms with Crippen molar-refractivity contribution >= 4 is 11.9 Å². The fourth-order valence-corrected chi connectivity index (χ4v) is 7.70. The quantitative estimate of drug-likeness (QED) is 0.241. The maximum atomic E-state index is 14.1. The van der Waals surface area contributed by atoms with Crippen molar-refractivity contribution in [1.29, 1.82) is 0 Å². The molecule has 2 heterocycles. The van der Waals surface area contributed by atoms with Gasteiger partial charge in [0.1, 0.15) is 24.5 Å². The van der Waals surface area contributed by atoms with E-state index in [-0.39, 0.29) is 11.8 Å². The first-order valence-electron chi connectivity index (χ1n) is 18.3. The molecular formula is C39H56N2O8. The van der Waals surface area contributed by atoms with E-state index in [1.165, 1.54) is 6.42 Å². The molecule has 49 heavy (non-hydrogen) atoms. The van der Waals surface area contributed by atoms with Crippen LogP contribution in [0.1, 0.15) is 81.9 Å². The van der Waals surface area contributed by atoms with Crippen LogP contribution in [-0.2, 0) is 25.5 Å². The Hall–Kier alpha value is -3.34. The van der Waals surface area contributed by atoms with Crippen molar-refractivity contribution in [3.05, 3.63) is 53.6 Å². The summed E-state index contributed by atoms with van der Waals surface area (Å²) in [5, 5.41) is 10.8. The molecule has 3 aliphatic rings. The van der Waals surface area contributed by atoms with Crippen molar-refractivity contribution in [1.82, 2.24) is 9.80 Å². The van der Waals surface area contributed by atoms with Gasteiger partial charge in [-0.3, -0.25) is 9.69 Å². The van der Waals surface area contributed by atoms with Gasteiger partial charge in [-0.05, 0) is 93.2 Å². The number of amides is 1. The Labute approximate surface area is 292 Å². The van der Waals surface area contributed by atoms with Crippen LogP contribution < -0.4 is 14.2 Å². The number of aliphatic hydroxyl groups excluding tert-OH is 1. The first-order chi connectivity index (χ1) is 23.9. The van der Waals surface area contributed by atoms with E-state index in [4.69, 9.17) is 23.7 Å². The lowest BCUT2D eigenvalue weighted by Crippen LogP contribution is -2.53. The Bertz CT molecular complexity index is 1340. The summed E-state index contributed by atoms with van der Waals surface area (Å²) in [6.45, 7) is 6.86. The number of piperidine rings is 1. The second-order valence-electron chi connectivity index (χ2n) is 13.7. The van der Waals surface area contributed by atoms with Crippen LogP contribution in [-0.4, -0.2) is 99.1 Å². The van der Waals surface area contributed by atoms with Gasteiger partial charge < -0.3 is 33.7 Å². The monoisotopic (exact) mass is 680 g/mol. The number of aryl methyl sites for hydroxylation is 1. The Morgan fingerprint density at radius 3 is 2.41 bits per heavy atom. The zero-order valence-corrected chi connectivity index (χ0v) is 29.6. The maximum absolute atomic E-state index is 14.1. The van der Waals surface area contributed by atoms with Crippen molar-refractivity contribution < 1.29 is 38.4 Å². The molecule has 4 atom stereocenters. The molecule has 2 aromatic rings. The molecule has 0 unspecified atom stereocenters. The van der Waals surface area contributed by atoms with E-state index >= 15 is 0 Å². The molecule has 0 bridgehead atoms. The van der Waals surface area contributed by atoms with Crippen LogP contribution in [0.3, 0.4) is 0 Å². The molecule has 1 amide bonds. The molecule has 10 nitrogen and oxygen atoms in total. The second-order valence-corrected chi connectivity index (χ2v) is 13.7. The highest BCUT2D eigenvalue weighted by Crippen LogP contribution is 2.36. The third kappa shape index (κ3) is 10.1. The fourth-order valence-electron chi connectivity index (χ4n) is 7.70. The van der Waals surface area contributed by atoms with Crippen molar-refractivity contribution in [3.8, 4) is 17.2 Å². The number of hydrogen-bond acceptors (Lipinski definition) is 9. The molecular weight excluding hydrogens is 624 g/mol. The molecule has 2 aliphatic heterocycles. The number of carbonyl (C=O) groups excluding carboxylic acids is 2. The molecule has 0 aromatic heterocycles. The van der Waals surface area contributed by atoms with Crippen LogP contribution in [0.25, 0.3) is 0 Å². The van der Waals surface area contributed by atoms with E-state index in [1.807, 2.05) is 42.5 Å². The molecule has 1 aliphatic carbocycles. The van der Waals surface area contributed by atoms with Gasteiger partial charge in [-0.15, -0.1) is 0 Å². The van der Waals surface area contributed by atoms with Gasteiger partial charge in [-0.25, -0.2) is 4.79 Å². The summed E-state index contributed by atoms with van der Waals surface area (Å²) in [4.78, 5) is 32.3. The highest BCUT2D eigenvalue weighted by Gasteiger charge is 2.41. The summed E-state index contributed by atoms with van der Waals surface area (Å²) < 4.78 is 29.0. The molecule has 10 heteroatoms. The molecule has 3 fully saturated rings. The van der Waals surface area contributed by atoms with E-state index in [0.29, 0.717) is 43.9 Å². The lowest BCUT2D eigenvalue weighted by molar-refractivity contribution is -0.165. The summed E-state index contributed by atoms with van der Waals surface area (Å²) in [6.07, 6.45) is 7.23. The molecule has 1 saturated carbocycles. The van der Waals surface area contributed by atoms with Gasteiger partial charge in [0, 0.05) is 26.2 Å². The van der Waals surface area contributed by atoms with Crippen molar-refractivity contribution in [2.45, 2.75) is 89.4 Å². The minimum Gasteiger partial charge on any atom is -0.493 e. The smallest absolute Gasteiger partial charge is 0.329 e. The highest BCUT2D eigenvalue weighted by molar-refractivity contribution is 5.86. The SMILES string of the molecule is COc1ccc(CC[C@H](OC(=O)[C@H]2CCCCN2C(=O)[C@@H](C2CCCCC2)[C@@H](C)O)c2cccc(OCCN3CCOCC3)c2)cc1OC. The summed E-state index contributed by atoms with van der Waals surface area (Å²) in [5.41, 5.74) is 1.87. The minimum atomic E-state index is -0.769. The van der Waals surface area contributed by atoms with E-state index in [9.17, 15) is 14.7 Å². The lowest BCUT2D eigenvalue weighted by Gasteiger charge is -2.40. The van der Waals surface area contributed by atoms with Gasteiger partial charge in [-0.1, -0.05) is 37.5 Å². The number of rotatable bonds is 15. The highest BCUT2D eigenvalue weighted by atomic mass is 16.5. The zero-order valence-electron chi connectivity index (χ0n) is 29.6. The molecule has 2 saturated heterocycles. The predicted molar refractivity (Wildman–Crippen MR) is 187 cm³/mol. The zero-order chi connectivity index (χ0) is 34.6. The average Bonchev–Trinajstić information content (AvgIpc) is 3.14. The van der Waals surface area contributed by atoms with Crippen molar-refractivity contribution in [2.24, 2.45) is 11.8 Å².